The second kappa shape index (κ2) is 8.12. The number of amides is 3. The van der Waals surface area contributed by atoms with Gasteiger partial charge in [0.2, 0.25) is 11.8 Å². The predicted molar refractivity (Wildman–Crippen MR) is 112 cm³/mol. The number of carbonyl (C=O) groups is 3. The fourth-order valence-corrected chi connectivity index (χ4v) is 5.73. The molecule has 4 aliphatic heterocycles. The van der Waals surface area contributed by atoms with Crippen LogP contribution in [0.3, 0.4) is 0 Å². The number of carbonyl (C=O) groups excluding carboxylic acids is 3. The van der Waals surface area contributed by atoms with E-state index in [0.29, 0.717) is 30.6 Å². The van der Waals surface area contributed by atoms with Gasteiger partial charge in [0, 0.05) is 37.2 Å². The highest BCUT2D eigenvalue weighted by atomic mass is 16.2. The van der Waals surface area contributed by atoms with Crippen LogP contribution in [0.1, 0.15) is 66.4 Å². The van der Waals surface area contributed by atoms with Gasteiger partial charge in [-0.15, -0.1) is 0 Å². The summed E-state index contributed by atoms with van der Waals surface area (Å²) >= 11 is 0. The van der Waals surface area contributed by atoms with Crippen molar-refractivity contribution in [3.63, 3.8) is 0 Å². The standard InChI is InChI=1S/C23H30N4O3/c28-21-10-9-20(22(29)25-21)27-14-17-15(5-3-6-16(17)23(27)30)13-26-12-2-1-8-19(26)18-7-4-11-24-18/h3,5-6,18-20,24H,1-2,4,7-14H2,(H,25,28,29). The van der Waals surface area contributed by atoms with E-state index in [1.807, 2.05) is 12.1 Å². The quantitative estimate of drug-likeness (QED) is 0.736. The van der Waals surface area contributed by atoms with Crippen molar-refractivity contribution >= 4 is 17.7 Å². The number of rotatable bonds is 4. The van der Waals surface area contributed by atoms with Crippen LogP contribution in [0.4, 0.5) is 0 Å². The number of nitrogens with one attached hydrogen (secondary N) is 2. The zero-order chi connectivity index (χ0) is 20.7. The maximum atomic E-state index is 13.1. The Balaban J connectivity index is 1.36. The third-order valence-corrected chi connectivity index (χ3v) is 7.28. The number of benzene rings is 1. The highest BCUT2D eigenvalue weighted by Crippen LogP contribution is 2.32. The molecule has 2 N–H and O–H groups in total. The summed E-state index contributed by atoms with van der Waals surface area (Å²) in [5.41, 5.74) is 2.96. The molecule has 3 saturated heterocycles. The number of imide groups is 1. The highest BCUT2D eigenvalue weighted by Gasteiger charge is 2.40. The molecule has 5 rings (SSSR count). The first-order valence-electron chi connectivity index (χ1n) is 11.3. The lowest BCUT2D eigenvalue weighted by Gasteiger charge is -2.39. The summed E-state index contributed by atoms with van der Waals surface area (Å²) in [5.74, 6) is -0.691. The second-order valence-electron chi connectivity index (χ2n) is 9.08. The first-order chi connectivity index (χ1) is 14.6. The van der Waals surface area contributed by atoms with E-state index in [1.54, 1.807) is 4.90 Å². The van der Waals surface area contributed by atoms with Crippen molar-refractivity contribution in [3.05, 3.63) is 34.9 Å². The molecule has 1 aromatic carbocycles. The van der Waals surface area contributed by atoms with Gasteiger partial charge in [0.1, 0.15) is 6.04 Å². The van der Waals surface area contributed by atoms with Gasteiger partial charge in [-0.2, -0.15) is 0 Å². The lowest BCUT2D eigenvalue weighted by atomic mass is 9.93. The molecule has 160 valence electrons. The van der Waals surface area contributed by atoms with Crippen LogP contribution in [0, 0.1) is 0 Å². The highest BCUT2D eigenvalue weighted by molar-refractivity contribution is 6.05. The van der Waals surface area contributed by atoms with E-state index in [1.165, 1.54) is 37.7 Å². The molecular formula is C23H30N4O3. The van der Waals surface area contributed by atoms with E-state index in [4.69, 9.17) is 0 Å². The second-order valence-corrected chi connectivity index (χ2v) is 9.08. The van der Waals surface area contributed by atoms with Gasteiger partial charge in [-0.05, 0) is 62.4 Å². The van der Waals surface area contributed by atoms with Crippen LogP contribution in [-0.4, -0.2) is 58.7 Å². The Morgan fingerprint density at radius 2 is 1.93 bits per heavy atom. The third-order valence-electron chi connectivity index (χ3n) is 7.28. The number of nitrogens with zero attached hydrogens (tertiary/aromatic N) is 2. The minimum atomic E-state index is -0.555. The molecule has 3 atom stereocenters. The first-order valence-corrected chi connectivity index (χ1v) is 11.3. The van der Waals surface area contributed by atoms with Crippen molar-refractivity contribution in [1.82, 2.24) is 20.4 Å². The number of piperidine rings is 2. The number of hydrogen-bond donors (Lipinski definition) is 2. The van der Waals surface area contributed by atoms with E-state index >= 15 is 0 Å². The van der Waals surface area contributed by atoms with Crippen molar-refractivity contribution < 1.29 is 14.4 Å². The van der Waals surface area contributed by atoms with Gasteiger partial charge in [0.05, 0.1) is 0 Å². The molecule has 0 spiro atoms. The molecule has 1 aromatic rings. The molecule has 0 aromatic heterocycles. The maximum Gasteiger partial charge on any atom is 0.255 e. The average molecular weight is 411 g/mol. The fraction of sp³-hybridized carbons (Fsp3) is 0.609. The third kappa shape index (κ3) is 3.54. The lowest BCUT2D eigenvalue weighted by Crippen LogP contribution is -2.52. The van der Waals surface area contributed by atoms with Crippen molar-refractivity contribution in [2.45, 2.75) is 76.2 Å². The van der Waals surface area contributed by atoms with E-state index in [-0.39, 0.29) is 24.1 Å². The Morgan fingerprint density at radius 3 is 2.73 bits per heavy atom. The summed E-state index contributed by atoms with van der Waals surface area (Å²) in [4.78, 5) is 41.2. The van der Waals surface area contributed by atoms with Crippen molar-refractivity contribution in [3.8, 4) is 0 Å². The van der Waals surface area contributed by atoms with Crippen molar-refractivity contribution in [2.24, 2.45) is 0 Å². The Hall–Kier alpha value is -2.25. The van der Waals surface area contributed by atoms with Crippen LogP contribution in [0.5, 0.6) is 0 Å². The summed E-state index contributed by atoms with van der Waals surface area (Å²) in [6, 6.07) is 6.55. The SMILES string of the molecule is O=C1CCC(N2Cc3c(CN4CCCCC4C4CCCN4)cccc3C2=O)C(=O)N1. The largest absolute Gasteiger partial charge is 0.322 e. The van der Waals surface area contributed by atoms with Crippen LogP contribution in [0.25, 0.3) is 0 Å². The molecule has 30 heavy (non-hydrogen) atoms. The molecule has 4 heterocycles. The number of hydrogen-bond acceptors (Lipinski definition) is 5. The molecule has 0 aliphatic carbocycles. The Morgan fingerprint density at radius 1 is 1.03 bits per heavy atom. The molecule has 3 amide bonds. The van der Waals surface area contributed by atoms with Crippen LogP contribution < -0.4 is 10.6 Å². The topological polar surface area (TPSA) is 81.8 Å². The molecule has 0 bridgehead atoms. The number of likely N-dealkylation sites (tertiary alicyclic amines) is 1. The van der Waals surface area contributed by atoms with Gasteiger partial charge in [-0.1, -0.05) is 18.6 Å². The molecule has 3 unspecified atom stereocenters. The molecule has 3 fully saturated rings. The zero-order valence-corrected chi connectivity index (χ0v) is 17.4. The van der Waals surface area contributed by atoms with Gasteiger partial charge < -0.3 is 10.2 Å². The summed E-state index contributed by atoms with van der Waals surface area (Å²) in [6.45, 7) is 3.52. The van der Waals surface area contributed by atoms with Crippen LogP contribution in [0.2, 0.25) is 0 Å². The Bertz CT molecular complexity index is 864. The van der Waals surface area contributed by atoms with E-state index < -0.39 is 6.04 Å². The minimum Gasteiger partial charge on any atom is -0.322 e. The van der Waals surface area contributed by atoms with Gasteiger partial charge in [0.15, 0.2) is 0 Å². The molecule has 7 nitrogen and oxygen atoms in total. The Labute approximate surface area is 177 Å². The Kier molecular flexibility index (Phi) is 5.33. The minimum absolute atomic E-state index is 0.0889. The summed E-state index contributed by atoms with van der Waals surface area (Å²) in [7, 11) is 0. The molecular weight excluding hydrogens is 380 g/mol. The van der Waals surface area contributed by atoms with E-state index in [0.717, 1.165) is 25.2 Å². The van der Waals surface area contributed by atoms with Crippen molar-refractivity contribution in [1.29, 1.82) is 0 Å². The van der Waals surface area contributed by atoms with Crippen LogP contribution >= 0.6 is 0 Å². The lowest BCUT2D eigenvalue weighted by molar-refractivity contribution is -0.136. The number of fused-ring (bicyclic) bond motifs is 1. The monoisotopic (exact) mass is 410 g/mol. The van der Waals surface area contributed by atoms with E-state index in [2.05, 4.69) is 21.6 Å². The fourth-order valence-electron chi connectivity index (χ4n) is 5.73. The smallest absolute Gasteiger partial charge is 0.255 e. The van der Waals surface area contributed by atoms with Crippen LogP contribution in [-0.2, 0) is 22.7 Å². The molecule has 4 aliphatic rings. The first kappa shape index (κ1) is 19.7. The molecule has 0 radical (unpaired) electrons. The van der Waals surface area contributed by atoms with Gasteiger partial charge >= 0.3 is 0 Å². The van der Waals surface area contributed by atoms with Gasteiger partial charge in [0.25, 0.3) is 5.91 Å². The van der Waals surface area contributed by atoms with Gasteiger partial charge in [-0.3, -0.25) is 24.6 Å². The van der Waals surface area contributed by atoms with Crippen molar-refractivity contribution in [2.75, 3.05) is 13.1 Å². The average Bonchev–Trinajstić information content (AvgIpc) is 3.38. The molecule has 7 heteroatoms. The summed E-state index contributed by atoms with van der Waals surface area (Å²) in [6.07, 6.45) is 6.93. The molecule has 0 saturated carbocycles. The predicted octanol–water partition coefficient (Wildman–Crippen LogP) is 1.55. The normalized spacial score (nSPS) is 29.9. The summed E-state index contributed by atoms with van der Waals surface area (Å²) in [5, 5.41) is 6.07. The van der Waals surface area contributed by atoms with Crippen LogP contribution in [0.15, 0.2) is 18.2 Å². The zero-order valence-electron chi connectivity index (χ0n) is 17.4. The maximum absolute atomic E-state index is 13.1. The van der Waals surface area contributed by atoms with Gasteiger partial charge in [-0.25, -0.2) is 0 Å². The summed E-state index contributed by atoms with van der Waals surface area (Å²) < 4.78 is 0. The van der Waals surface area contributed by atoms with E-state index in [9.17, 15) is 14.4 Å².